The van der Waals surface area contributed by atoms with Crippen LogP contribution < -0.4 is 10.5 Å². The second-order valence-corrected chi connectivity index (χ2v) is 11.1. The number of carbonyl (C=O) groups is 2. The van der Waals surface area contributed by atoms with Gasteiger partial charge in [-0.2, -0.15) is 13.9 Å². The van der Waals surface area contributed by atoms with Gasteiger partial charge in [-0.3, -0.25) is 19.4 Å². The summed E-state index contributed by atoms with van der Waals surface area (Å²) in [6.07, 6.45) is 3.34. The Morgan fingerprint density at radius 2 is 1.90 bits per heavy atom. The number of hydrogen-bond donors (Lipinski definition) is 0. The average molecular weight is 573 g/mol. The molecule has 6 rings (SSSR count). The maximum atomic E-state index is 13.8. The molecule has 0 fully saturated rings. The maximum Gasteiger partial charge on any atom is 0.296 e. The number of rotatable bonds is 6. The Labute approximate surface area is 232 Å². The van der Waals surface area contributed by atoms with Gasteiger partial charge in [-0.25, -0.2) is 4.90 Å². The lowest BCUT2D eigenvalue weighted by atomic mass is 10.1. The molecule has 0 aliphatic carbocycles. The van der Waals surface area contributed by atoms with Crippen LogP contribution in [0.1, 0.15) is 16.1 Å². The molecule has 2 amide bonds. The highest BCUT2D eigenvalue weighted by Crippen LogP contribution is 2.29. The van der Waals surface area contributed by atoms with Crippen molar-refractivity contribution in [2.75, 3.05) is 10.7 Å². The van der Waals surface area contributed by atoms with E-state index >= 15 is 0 Å². The molecule has 0 saturated heterocycles. The third-order valence-electron chi connectivity index (χ3n) is 5.63. The van der Waals surface area contributed by atoms with E-state index in [0.29, 0.717) is 20.7 Å². The third kappa shape index (κ3) is 4.92. The molecule has 0 N–H and O–H groups in total. The predicted molar refractivity (Wildman–Crippen MR) is 149 cm³/mol. The van der Waals surface area contributed by atoms with Crippen molar-refractivity contribution in [2.24, 2.45) is 0 Å². The average Bonchev–Trinajstić information content (AvgIpc) is 3.62. The van der Waals surface area contributed by atoms with E-state index < -0.39 is 11.8 Å². The number of fused-ring (bicyclic) bond motifs is 2. The molecule has 0 atom stereocenters. The predicted octanol–water partition coefficient (Wildman–Crippen LogP) is 3.89. The largest absolute Gasteiger partial charge is 0.296 e. The standard InChI is InChI=1S/C25H16N8O3S3/c1-14-21(35)33-24(29-28-14)38-25(30-33)37-13-19(34)32(23-27-20(31-39-23)15-5-3-2-4-6-15)22(36)17-7-8-18-12-26-10-9-16(18)11-17/h2-12H,13H2,1H3. The van der Waals surface area contributed by atoms with Crippen molar-refractivity contribution < 1.29 is 9.59 Å². The number of nitrogens with zero attached hydrogens (tertiary/aromatic N) is 8. The fourth-order valence-electron chi connectivity index (χ4n) is 3.68. The van der Waals surface area contributed by atoms with Crippen molar-refractivity contribution in [3.8, 4) is 11.4 Å². The van der Waals surface area contributed by atoms with Crippen molar-refractivity contribution in [2.45, 2.75) is 11.3 Å². The number of benzene rings is 2. The maximum absolute atomic E-state index is 13.8. The van der Waals surface area contributed by atoms with Gasteiger partial charge in [0.15, 0.2) is 10.2 Å². The van der Waals surface area contributed by atoms with Crippen LogP contribution in [-0.4, -0.2) is 51.7 Å². The minimum Gasteiger partial charge on any atom is -0.273 e. The topological polar surface area (TPSA) is 136 Å². The molecule has 0 unspecified atom stereocenters. The zero-order valence-electron chi connectivity index (χ0n) is 20.1. The summed E-state index contributed by atoms with van der Waals surface area (Å²) in [7, 11) is 0. The first kappa shape index (κ1) is 24.9. The summed E-state index contributed by atoms with van der Waals surface area (Å²) in [5.74, 6) is -0.760. The van der Waals surface area contributed by atoms with E-state index in [1.807, 2.05) is 30.3 Å². The monoisotopic (exact) mass is 572 g/mol. The van der Waals surface area contributed by atoms with Gasteiger partial charge in [0, 0.05) is 40.4 Å². The highest BCUT2D eigenvalue weighted by Gasteiger charge is 2.29. The van der Waals surface area contributed by atoms with Crippen molar-refractivity contribution in [1.29, 1.82) is 0 Å². The second kappa shape index (κ2) is 10.4. The number of aromatic nitrogens is 7. The molecule has 39 heavy (non-hydrogen) atoms. The van der Waals surface area contributed by atoms with Gasteiger partial charge >= 0.3 is 0 Å². The van der Waals surface area contributed by atoms with Crippen LogP contribution in [0.25, 0.3) is 27.1 Å². The van der Waals surface area contributed by atoms with E-state index in [1.165, 1.54) is 0 Å². The summed E-state index contributed by atoms with van der Waals surface area (Å²) in [6.45, 7) is 1.55. The molecule has 4 aromatic heterocycles. The van der Waals surface area contributed by atoms with E-state index in [0.717, 1.165) is 60.4 Å². The first-order chi connectivity index (χ1) is 19.0. The van der Waals surface area contributed by atoms with Gasteiger partial charge in [0.2, 0.25) is 16.0 Å². The molecule has 6 aromatic rings. The molecule has 11 nitrogen and oxygen atoms in total. The molecule has 14 heteroatoms. The molecule has 0 radical (unpaired) electrons. The Balaban J connectivity index is 1.33. The third-order valence-corrected chi connectivity index (χ3v) is 8.34. The van der Waals surface area contributed by atoms with Crippen LogP contribution in [0.4, 0.5) is 5.13 Å². The Morgan fingerprint density at radius 3 is 2.74 bits per heavy atom. The zero-order chi connectivity index (χ0) is 26.9. The summed E-state index contributed by atoms with van der Waals surface area (Å²) >= 11 is 3.19. The van der Waals surface area contributed by atoms with Crippen LogP contribution in [0.5, 0.6) is 0 Å². The Kier molecular flexibility index (Phi) is 6.64. The summed E-state index contributed by atoms with van der Waals surface area (Å²) < 4.78 is 5.98. The molecule has 192 valence electrons. The van der Waals surface area contributed by atoms with E-state index in [-0.39, 0.29) is 22.1 Å². The SMILES string of the molecule is Cc1nnc2sc(SCC(=O)N(C(=O)c3ccc4cnccc4c3)c3nc(-c4ccccc4)ns3)nn2c1=O. The van der Waals surface area contributed by atoms with Crippen LogP contribution in [0.2, 0.25) is 0 Å². The van der Waals surface area contributed by atoms with Crippen LogP contribution >= 0.6 is 34.6 Å². The molecule has 0 saturated carbocycles. The van der Waals surface area contributed by atoms with Crippen LogP contribution in [0.3, 0.4) is 0 Å². The number of anilines is 1. The smallest absolute Gasteiger partial charge is 0.273 e. The Morgan fingerprint density at radius 1 is 1.05 bits per heavy atom. The number of aryl methyl sites for hydroxylation is 1. The first-order valence-corrected chi connectivity index (χ1v) is 14.0. The number of hydrogen-bond acceptors (Lipinski definition) is 12. The molecule has 0 spiro atoms. The van der Waals surface area contributed by atoms with Crippen molar-refractivity contribution in [1.82, 2.24) is 34.2 Å². The number of pyridine rings is 1. The second-order valence-electron chi connectivity index (χ2n) is 8.18. The molecular weight excluding hydrogens is 557 g/mol. The first-order valence-electron chi connectivity index (χ1n) is 11.4. The van der Waals surface area contributed by atoms with E-state index in [9.17, 15) is 14.4 Å². The number of carbonyl (C=O) groups excluding carboxylic acids is 2. The summed E-state index contributed by atoms with van der Waals surface area (Å²) in [5.41, 5.74) is 0.934. The van der Waals surface area contributed by atoms with E-state index in [1.54, 1.807) is 43.6 Å². The lowest BCUT2D eigenvalue weighted by Gasteiger charge is -2.17. The summed E-state index contributed by atoms with van der Waals surface area (Å²) in [5, 5.41) is 13.9. The lowest BCUT2D eigenvalue weighted by molar-refractivity contribution is -0.115. The van der Waals surface area contributed by atoms with Gasteiger partial charge in [-0.1, -0.05) is 59.5 Å². The van der Waals surface area contributed by atoms with Crippen LogP contribution in [0.15, 0.2) is 76.1 Å². The lowest BCUT2D eigenvalue weighted by Crippen LogP contribution is -2.38. The zero-order valence-corrected chi connectivity index (χ0v) is 22.5. The van der Waals surface area contributed by atoms with Crippen LogP contribution in [0, 0.1) is 6.92 Å². The highest BCUT2D eigenvalue weighted by molar-refractivity contribution is 8.01. The number of imide groups is 1. The quantitative estimate of drug-likeness (QED) is 0.270. The van der Waals surface area contributed by atoms with Gasteiger partial charge in [0.05, 0.1) is 5.75 Å². The molecule has 2 aromatic carbocycles. The van der Waals surface area contributed by atoms with Gasteiger partial charge in [0.25, 0.3) is 11.5 Å². The van der Waals surface area contributed by atoms with E-state index in [2.05, 4.69) is 29.6 Å². The fourth-order valence-corrected chi connectivity index (χ4v) is 6.11. The Bertz CT molecular complexity index is 1920. The van der Waals surface area contributed by atoms with Gasteiger partial charge < -0.3 is 0 Å². The van der Waals surface area contributed by atoms with Gasteiger partial charge in [0.1, 0.15) is 5.69 Å². The van der Waals surface area contributed by atoms with Crippen molar-refractivity contribution >= 4 is 67.3 Å². The minimum absolute atomic E-state index is 0.134. The number of amides is 2. The highest BCUT2D eigenvalue weighted by atomic mass is 32.2. The minimum atomic E-state index is -0.530. The van der Waals surface area contributed by atoms with Gasteiger partial charge in [-0.15, -0.1) is 15.3 Å². The molecular formula is C25H16N8O3S3. The molecule has 0 aliphatic rings. The van der Waals surface area contributed by atoms with Gasteiger partial charge in [-0.05, 0) is 30.5 Å². The number of thioether (sulfide) groups is 1. The molecule has 0 aliphatic heterocycles. The van der Waals surface area contributed by atoms with Crippen LogP contribution in [-0.2, 0) is 4.79 Å². The Hall–Kier alpha value is -4.40. The van der Waals surface area contributed by atoms with Crippen molar-refractivity contribution in [3.63, 3.8) is 0 Å². The normalized spacial score (nSPS) is 11.2. The van der Waals surface area contributed by atoms with E-state index in [4.69, 9.17) is 0 Å². The summed E-state index contributed by atoms with van der Waals surface area (Å²) in [6, 6.07) is 16.3. The van der Waals surface area contributed by atoms with Crippen molar-refractivity contribution in [3.05, 3.63) is 88.6 Å². The fraction of sp³-hybridized carbons (Fsp3) is 0.0800. The molecule has 4 heterocycles. The molecule has 0 bridgehead atoms. The summed E-state index contributed by atoms with van der Waals surface area (Å²) in [4.78, 5) is 49.6.